The van der Waals surface area contributed by atoms with Crippen LogP contribution in [0.2, 0.25) is 0 Å². The number of hydrogen-bond donors (Lipinski definition) is 2. The number of fused-ring (bicyclic) bond motifs is 2. The Morgan fingerprint density at radius 2 is 1.90 bits per heavy atom. The molecule has 0 radical (unpaired) electrons. The summed E-state index contributed by atoms with van der Waals surface area (Å²) in [4.78, 5) is 45.7. The number of esters is 1. The number of likely N-dealkylation sites (N-methyl/N-ethyl adjacent to an activating group) is 1. The van der Waals surface area contributed by atoms with E-state index in [1.165, 1.54) is 0 Å². The third kappa shape index (κ3) is 4.85. The summed E-state index contributed by atoms with van der Waals surface area (Å²) in [7, 11) is 1.96. The number of ether oxygens (including phenoxy) is 2. The third-order valence-electron chi connectivity index (χ3n) is 10.7. The molecule has 0 aromatic heterocycles. The number of hydrogen-bond acceptors (Lipinski definition) is 9. The fraction of sp³-hybridized carbons (Fsp3) is 0.594. The van der Waals surface area contributed by atoms with E-state index in [9.17, 15) is 19.8 Å². The molecule has 0 bridgehead atoms. The zero-order valence-electron chi connectivity index (χ0n) is 24.6. The van der Waals surface area contributed by atoms with Crippen molar-refractivity contribution >= 4 is 18.0 Å². The molecule has 42 heavy (non-hydrogen) atoms. The SMILES string of the molecule is CCC1C(=O)N2C=C(/C=C3C=C(/C=C/C4C5(CCC6[C@]4(C)CC[C@@H](O)[C@@]6(C)CO)CO5)C(=O)O\3)C=CC2N1C.O=C=O. The molecule has 6 aliphatic rings. The van der Waals surface area contributed by atoms with Crippen LogP contribution in [0, 0.1) is 22.7 Å². The van der Waals surface area contributed by atoms with E-state index in [2.05, 4.69) is 17.9 Å². The van der Waals surface area contributed by atoms with Crippen molar-refractivity contribution in [2.45, 2.75) is 76.8 Å². The summed E-state index contributed by atoms with van der Waals surface area (Å²) >= 11 is 0. The van der Waals surface area contributed by atoms with Crippen LogP contribution in [0.5, 0.6) is 0 Å². The lowest BCUT2D eigenvalue weighted by Gasteiger charge is -2.60. The van der Waals surface area contributed by atoms with Crippen molar-refractivity contribution in [1.82, 2.24) is 9.80 Å². The van der Waals surface area contributed by atoms with E-state index >= 15 is 0 Å². The second-order valence-corrected chi connectivity index (χ2v) is 12.9. The number of allylic oxidation sites excluding steroid dienone is 4. The van der Waals surface area contributed by atoms with Gasteiger partial charge in [-0.25, -0.2) is 4.79 Å². The zero-order chi connectivity index (χ0) is 30.4. The molecule has 6 rings (SSSR count). The summed E-state index contributed by atoms with van der Waals surface area (Å²) in [5.41, 5.74) is 0.321. The van der Waals surface area contributed by atoms with Crippen molar-refractivity contribution < 1.29 is 38.9 Å². The van der Waals surface area contributed by atoms with E-state index in [0.717, 1.165) is 31.3 Å². The van der Waals surface area contributed by atoms with Gasteiger partial charge in [0.15, 0.2) is 0 Å². The number of aliphatic hydroxyl groups excluding tert-OH is 2. The Balaban J connectivity index is 0.00000113. The van der Waals surface area contributed by atoms with Gasteiger partial charge in [-0.1, -0.05) is 39.0 Å². The first-order valence-corrected chi connectivity index (χ1v) is 14.7. The fourth-order valence-electron chi connectivity index (χ4n) is 8.27. The molecule has 4 fully saturated rings. The van der Waals surface area contributed by atoms with Crippen LogP contribution in [-0.4, -0.2) is 82.2 Å². The molecule has 2 aliphatic carbocycles. The minimum absolute atomic E-state index is 0.0478. The largest absolute Gasteiger partial charge is 0.423 e. The maximum Gasteiger partial charge on any atom is 0.373 e. The van der Waals surface area contributed by atoms with Gasteiger partial charge in [-0.15, -0.1) is 0 Å². The lowest BCUT2D eigenvalue weighted by molar-refractivity contribution is -0.191. The van der Waals surface area contributed by atoms with Crippen molar-refractivity contribution in [2.24, 2.45) is 22.7 Å². The highest BCUT2D eigenvalue weighted by Gasteiger charge is 2.66. The molecule has 4 aliphatic heterocycles. The Labute approximate surface area is 246 Å². The Kier molecular flexibility index (Phi) is 8.06. The van der Waals surface area contributed by atoms with Crippen LogP contribution in [0.3, 0.4) is 0 Å². The minimum atomic E-state index is -0.556. The van der Waals surface area contributed by atoms with Crippen molar-refractivity contribution in [1.29, 1.82) is 0 Å². The highest BCUT2D eigenvalue weighted by molar-refractivity contribution is 5.95. The molecule has 1 spiro atoms. The first-order valence-electron chi connectivity index (χ1n) is 14.7. The van der Waals surface area contributed by atoms with Crippen LogP contribution in [0.4, 0.5) is 0 Å². The van der Waals surface area contributed by atoms with Gasteiger partial charge in [-0.3, -0.25) is 14.6 Å². The summed E-state index contributed by atoms with van der Waals surface area (Å²) < 4.78 is 11.6. The van der Waals surface area contributed by atoms with Gasteiger partial charge >= 0.3 is 12.1 Å². The van der Waals surface area contributed by atoms with Crippen molar-refractivity contribution in [3.05, 3.63) is 59.6 Å². The zero-order valence-corrected chi connectivity index (χ0v) is 24.6. The summed E-state index contributed by atoms with van der Waals surface area (Å²) in [6.07, 6.45) is 16.9. The molecule has 10 nitrogen and oxygen atoms in total. The molecule has 5 unspecified atom stereocenters. The standard InChI is InChI=1S/C31H40N2O6.CO2/c1-5-22-27(36)33-16-19(6-9-26(33)32(22)4)14-21-15-20(28(37)39-21)7-8-24-29(2)12-11-25(35)30(3,17-34)23(29)10-13-31(24)18-38-31;2-1-3/h6-9,14-16,22-26,34-35H,5,10-13,17-18H2,1-4H3;/b8-7+,21-14+;/t22?,23?,24?,25-,26?,29+,30+,31?;/m1./s1. The van der Waals surface area contributed by atoms with Gasteiger partial charge < -0.3 is 19.7 Å². The summed E-state index contributed by atoms with van der Waals surface area (Å²) in [6, 6.07) is -0.133. The van der Waals surface area contributed by atoms with Gasteiger partial charge in [0.25, 0.3) is 0 Å². The number of carbonyl (C=O) groups is 2. The van der Waals surface area contributed by atoms with Crippen LogP contribution in [-0.2, 0) is 28.7 Å². The van der Waals surface area contributed by atoms with Gasteiger partial charge in [0, 0.05) is 17.5 Å². The van der Waals surface area contributed by atoms with E-state index in [-0.39, 0.29) is 53.7 Å². The second-order valence-electron chi connectivity index (χ2n) is 12.9. The average molecular weight is 581 g/mol. The lowest BCUT2D eigenvalue weighted by atomic mass is 9.45. The predicted octanol–water partition coefficient (Wildman–Crippen LogP) is 2.61. The highest BCUT2D eigenvalue weighted by atomic mass is 16.6. The van der Waals surface area contributed by atoms with Crippen molar-refractivity contribution in [2.75, 3.05) is 20.3 Å². The van der Waals surface area contributed by atoms with E-state index in [0.29, 0.717) is 24.4 Å². The molecule has 1 amide bonds. The van der Waals surface area contributed by atoms with Gasteiger partial charge in [0.05, 0.1) is 36.5 Å². The minimum Gasteiger partial charge on any atom is -0.423 e. The normalized spacial score (nSPS) is 41.6. The molecule has 2 N–H and O–H groups in total. The molecule has 226 valence electrons. The van der Waals surface area contributed by atoms with Gasteiger partial charge in [0.1, 0.15) is 11.9 Å². The first-order chi connectivity index (χ1) is 20.0. The first kappa shape index (κ1) is 30.3. The number of rotatable bonds is 5. The highest BCUT2D eigenvalue weighted by Crippen LogP contribution is 2.65. The maximum atomic E-state index is 12.8. The summed E-state index contributed by atoms with van der Waals surface area (Å²) in [5.74, 6) is 0.336. The Morgan fingerprint density at radius 1 is 1.19 bits per heavy atom. The lowest BCUT2D eigenvalue weighted by Crippen LogP contribution is -2.60. The summed E-state index contributed by atoms with van der Waals surface area (Å²) in [5, 5.41) is 21.1. The number of amides is 1. The van der Waals surface area contributed by atoms with E-state index in [1.54, 1.807) is 17.1 Å². The van der Waals surface area contributed by atoms with Crippen molar-refractivity contribution in [3.8, 4) is 0 Å². The number of epoxide rings is 1. The van der Waals surface area contributed by atoms with Crippen molar-refractivity contribution in [3.63, 3.8) is 0 Å². The molecule has 4 heterocycles. The number of nitrogens with zero attached hydrogens (tertiary/aromatic N) is 2. The van der Waals surface area contributed by atoms with Crippen LogP contribution < -0.4 is 0 Å². The molecule has 2 saturated carbocycles. The molecular weight excluding hydrogens is 540 g/mol. The monoisotopic (exact) mass is 580 g/mol. The molecule has 2 saturated heterocycles. The van der Waals surface area contributed by atoms with E-state index < -0.39 is 17.5 Å². The van der Waals surface area contributed by atoms with Gasteiger partial charge in [-0.05, 0) is 74.3 Å². The maximum absolute atomic E-state index is 12.8. The summed E-state index contributed by atoms with van der Waals surface area (Å²) in [6.45, 7) is 6.93. The predicted molar refractivity (Wildman–Crippen MR) is 150 cm³/mol. The molecule has 0 aromatic carbocycles. The molecule has 10 heteroatoms. The Hall–Kier alpha value is -3.14. The van der Waals surface area contributed by atoms with Crippen LogP contribution in [0.25, 0.3) is 0 Å². The number of carbonyl (C=O) groups excluding carboxylic acids is 4. The second kappa shape index (κ2) is 11.2. The molecular formula is C32H40N2O8. The van der Waals surface area contributed by atoms with Crippen LogP contribution in [0.1, 0.15) is 52.9 Å². The third-order valence-corrected chi connectivity index (χ3v) is 10.7. The quantitative estimate of drug-likeness (QED) is 0.371. The average Bonchev–Trinajstić information content (AvgIpc) is 3.58. The van der Waals surface area contributed by atoms with E-state index in [1.807, 2.05) is 45.3 Å². The molecule has 0 aromatic rings. The van der Waals surface area contributed by atoms with Crippen LogP contribution in [0.15, 0.2) is 59.6 Å². The Morgan fingerprint density at radius 3 is 2.55 bits per heavy atom. The topological polar surface area (TPSA) is 137 Å². The van der Waals surface area contributed by atoms with Gasteiger partial charge in [0.2, 0.25) is 5.91 Å². The number of cyclic esters (lactones) is 1. The smallest absolute Gasteiger partial charge is 0.373 e. The van der Waals surface area contributed by atoms with Crippen LogP contribution >= 0.6 is 0 Å². The Bertz CT molecular complexity index is 1320. The van der Waals surface area contributed by atoms with E-state index in [4.69, 9.17) is 19.1 Å². The molecule has 8 atom stereocenters. The fourth-order valence-corrected chi connectivity index (χ4v) is 8.27. The number of aliphatic hydroxyl groups is 2. The van der Waals surface area contributed by atoms with Gasteiger partial charge in [-0.2, -0.15) is 9.59 Å².